The van der Waals surface area contributed by atoms with E-state index in [9.17, 15) is 9.46 Å². The lowest BCUT2D eigenvalue weighted by atomic mass is 9.83. The Morgan fingerprint density at radius 2 is 1.31 bits per heavy atom. The highest BCUT2D eigenvalue weighted by Gasteiger charge is 2.35. The molecule has 5 heteroatoms. The van der Waals surface area contributed by atoms with E-state index in [1.165, 1.54) is 25.7 Å². The summed E-state index contributed by atoms with van der Waals surface area (Å²) in [5.74, 6) is 1.05. The number of hydrogen-bond donors (Lipinski definition) is 1. The van der Waals surface area contributed by atoms with Crippen molar-refractivity contribution in [2.75, 3.05) is 0 Å². The van der Waals surface area contributed by atoms with Crippen LogP contribution in [0, 0.1) is 27.7 Å². The minimum atomic E-state index is -4.27. The highest BCUT2D eigenvalue weighted by molar-refractivity contribution is 7.48. The summed E-state index contributed by atoms with van der Waals surface area (Å²) in [7, 11) is -4.27. The third kappa shape index (κ3) is 5.05. The standard InChI is InChI=1S/C24H33O4P/c1-6-7-8-9-10-11-20-21-14-16(2)12-18(4)23(21)27-29(25,26)28-24-19(5)13-17(3)15-22(20)24/h12-15,20H,6-11H2,1-5H3,(H,25,26). The lowest BCUT2D eigenvalue weighted by Gasteiger charge is -2.30. The zero-order valence-corrected chi connectivity index (χ0v) is 19.1. The quantitative estimate of drug-likeness (QED) is 0.397. The Morgan fingerprint density at radius 3 is 1.79 bits per heavy atom. The first kappa shape index (κ1) is 21.9. The second kappa shape index (κ2) is 8.93. The van der Waals surface area contributed by atoms with Crippen LogP contribution in [0.1, 0.15) is 84.7 Å². The normalized spacial score (nSPS) is 20.7. The van der Waals surface area contributed by atoms with Crippen molar-refractivity contribution in [3.05, 3.63) is 57.6 Å². The van der Waals surface area contributed by atoms with Gasteiger partial charge in [0.15, 0.2) is 0 Å². The summed E-state index contributed by atoms with van der Waals surface area (Å²) >= 11 is 0. The first-order chi connectivity index (χ1) is 13.7. The van der Waals surface area contributed by atoms with Crippen LogP contribution in [0.3, 0.4) is 0 Å². The maximum Gasteiger partial charge on any atom is 0.584 e. The van der Waals surface area contributed by atoms with Crippen LogP contribution < -0.4 is 9.05 Å². The largest absolute Gasteiger partial charge is 0.584 e. The highest BCUT2D eigenvalue weighted by atomic mass is 31.2. The fraction of sp³-hybridized carbons (Fsp3) is 0.500. The van der Waals surface area contributed by atoms with Gasteiger partial charge in [-0.05, 0) is 45.2 Å². The molecule has 0 bridgehead atoms. The first-order valence-corrected chi connectivity index (χ1v) is 12.2. The number of hydrogen-bond acceptors (Lipinski definition) is 3. The van der Waals surface area contributed by atoms with Crippen molar-refractivity contribution in [1.82, 2.24) is 0 Å². The van der Waals surface area contributed by atoms with Crippen LogP contribution in [0.2, 0.25) is 0 Å². The maximum atomic E-state index is 12.8. The van der Waals surface area contributed by atoms with Gasteiger partial charge in [-0.3, -0.25) is 4.89 Å². The molecule has 1 aliphatic heterocycles. The second-order valence-corrected chi connectivity index (χ2v) is 9.71. The van der Waals surface area contributed by atoms with Crippen LogP contribution in [0.4, 0.5) is 0 Å². The van der Waals surface area contributed by atoms with E-state index in [2.05, 4.69) is 32.9 Å². The molecule has 2 aromatic carbocycles. The van der Waals surface area contributed by atoms with Gasteiger partial charge < -0.3 is 9.05 Å². The molecule has 158 valence electrons. The molecule has 3 rings (SSSR count). The summed E-state index contributed by atoms with van der Waals surface area (Å²) < 4.78 is 24.0. The van der Waals surface area contributed by atoms with Gasteiger partial charge >= 0.3 is 7.82 Å². The van der Waals surface area contributed by atoms with Crippen LogP contribution in [-0.2, 0) is 4.57 Å². The van der Waals surface area contributed by atoms with Crippen molar-refractivity contribution in [2.24, 2.45) is 0 Å². The molecule has 4 nitrogen and oxygen atoms in total. The fourth-order valence-electron chi connectivity index (χ4n) is 4.42. The molecule has 0 saturated carbocycles. The first-order valence-electron chi connectivity index (χ1n) is 10.7. The SMILES string of the molecule is CCCCCCCC1c2cc(C)cc(C)c2OP(=O)(O)Oc2c(C)cc(C)cc21. The number of aryl methyl sites for hydroxylation is 4. The van der Waals surface area contributed by atoms with Gasteiger partial charge in [-0.15, -0.1) is 0 Å². The molecular weight excluding hydrogens is 383 g/mol. The fourth-order valence-corrected chi connectivity index (χ4v) is 5.42. The van der Waals surface area contributed by atoms with Crippen molar-refractivity contribution in [2.45, 2.75) is 79.1 Å². The van der Waals surface area contributed by atoms with E-state index in [0.717, 1.165) is 46.2 Å². The summed E-state index contributed by atoms with van der Waals surface area (Å²) in [4.78, 5) is 10.4. The Bertz CT molecular complexity index is 869. The third-order valence-electron chi connectivity index (χ3n) is 5.66. The topological polar surface area (TPSA) is 55.8 Å². The van der Waals surface area contributed by atoms with Gasteiger partial charge in [0.2, 0.25) is 0 Å². The zero-order valence-electron chi connectivity index (χ0n) is 18.2. The number of benzene rings is 2. The van der Waals surface area contributed by atoms with Crippen molar-refractivity contribution in [3.8, 4) is 11.5 Å². The molecule has 1 aliphatic rings. The summed E-state index contributed by atoms with van der Waals surface area (Å²) in [6, 6.07) is 8.18. The minimum absolute atomic E-state index is 0.0686. The number of rotatable bonds is 6. The minimum Gasteiger partial charge on any atom is -0.395 e. The lowest BCUT2D eigenvalue weighted by molar-refractivity contribution is 0.283. The van der Waals surface area contributed by atoms with E-state index in [1.54, 1.807) is 0 Å². The molecule has 0 unspecified atom stereocenters. The van der Waals surface area contributed by atoms with Crippen LogP contribution >= 0.6 is 7.82 Å². The predicted molar refractivity (Wildman–Crippen MR) is 118 cm³/mol. The molecule has 0 aliphatic carbocycles. The summed E-state index contributed by atoms with van der Waals surface area (Å²) in [6.45, 7) is 10.2. The van der Waals surface area contributed by atoms with Crippen LogP contribution in [-0.4, -0.2) is 4.89 Å². The molecule has 0 radical (unpaired) electrons. The van der Waals surface area contributed by atoms with E-state index in [4.69, 9.17) is 9.05 Å². The van der Waals surface area contributed by atoms with Crippen molar-refractivity contribution >= 4 is 7.82 Å². The van der Waals surface area contributed by atoms with Crippen LogP contribution in [0.5, 0.6) is 11.5 Å². The van der Waals surface area contributed by atoms with Crippen molar-refractivity contribution < 1.29 is 18.5 Å². The van der Waals surface area contributed by atoms with E-state index < -0.39 is 7.82 Å². The average Bonchev–Trinajstić information content (AvgIpc) is 2.62. The Kier molecular flexibility index (Phi) is 6.76. The summed E-state index contributed by atoms with van der Waals surface area (Å²) in [5, 5.41) is 0. The van der Waals surface area contributed by atoms with Gasteiger partial charge in [0.05, 0.1) is 0 Å². The molecule has 29 heavy (non-hydrogen) atoms. The molecule has 1 heterocycles. The van der Waals surface area contributed by atoms with E-state index in [1.807, 2.05) is 26.0 Å². The molecule has 0 fully saturated rings. The highest BCUT2D eigenvalue weighted by Crippen LogP contribution is 2.54. The van der Waals surface area contributed by atoms with Crippen LogP contribution in [0.25, 0.3) is 0 Å². The molecule has 0 aromatic heterocycles. The van der Waals surface area contributed by atoms with Gasteiger partial charge in [-0.1, -0.05) is 74.4 Å². The number of phosphoric ester groups is 1. The molecule has 1 N–H and O–H groups in total. The lowest BCUT2D eigenvalue weighted by Crippen LogP contribution is -2.14. The number of fused-ring (bicyclic) bond motifs is 2. The molecule has 0 atom stereocenters. The maximum absolute atomic E-state index is 12.8. The number of unbranched alkanes of at least 4 members (excludes halogenated alkanes) is 4. The molecular formula is C24H33O4P. The third-order valence-corrected chi connectivity index (χ3v) is 6.48. The summed E-state index contributed by atoms with van der Waals surface area (Å²) in [5.41, 5.74) is 5.95. The number of phosphoric acid groups is 1. The molecule has 0 spiro atoms. The Hall–Kier alpha value is -1.77. The van der Waals surface area contributed by atoms with Gasteiger partial charge in [0.25, 0.3) is 0 Å². The van der Waals surface area contributed by atoms with Gasteiger partial charge in [0, 0.05) is 17.0 Å². The Labute approximate surface area is 174 Å². The molecule has 2 aromatic rings. The zero-order chi connectivity index (χ0) is 21.2. The Morgan fingerprint density at radius 1 is 0.828 bits per heavy atom. The van der Waals surface area contributed by atoms with Crippen LogP contribution in [0.15, 0.2) is 24.3 Å². The smallest absolute Gasteiger partial charge is 0.395 e. The van der Waals surface area contributed by atoms with Gasteiger partial charge in [0.1, 0.15) is 11.5 Å². The monoisotopic (exact) mass is 416 g/mol. The van der Waals surface area contributed by atoms with Crippen molar-refractivity contribution in [1.29, 1.82) is 0 Å². The van der Waals surface area contributed by atoms with Crippen molar-refractivity contribution in [3.63, 3.8) is 0 Å². The van der Waals surface area contributed by atoms with E-state index in [0.29, 0.717) is 11.5 Å². The molecule has 0 saturated heterocycles. The summed E-state index contributed by atoms with van der Waals surface area (Å²) in [6.07, 6.45) is 6.96. The molecule has 0 amide bonds. The van der Waals surface area contributed by atoms with E-state index >= 15 is 0 Å². The Balaban J connectivity index is 2.14. The average molecular weight is 416 g/mol. The van der Waals surface area contributed by atoms with Gasteiger partial charge in [-0.25, -0.2) is 4.57 Å². The van der Waals surface area contributed by atoms with E-state index in [-0.39, 0.29) is 5.92 Å². The predicted octanol–water partition coefficient (Wildman–Crippen LogP) is 7.28. The second-order valence-electron chi connectivity index (χ2n) is 8.41. The van der Waals surface area contributed by atoms with Gasteiger partial charge in [-0.2, -0.15) is 0 Å².